The van der Waals surface area contributed by atoms with Gasteiger partial charge >= 0.3 is 11.9 Å². The Morgan fingerprint density at radius 3 is 2.43 bits per heavy atom. The Balaban J connectivity index is 2.89. The number of ether oxygens (including phenoxy) is 2. The second kappa shape index (κ2) is 7.19. The molecular formula is C13H17NO6S. The Kier molecular flexibility index (Phi) is 5.86. The Morgan fingerprint density at radius 1 is 1.19 bits per heavy atom. The molecule has 1 rings (SSSR count). The minimum Gasteiger partial charge on any atom is -0.468 e. The van der Waals surface area contributed by atoms with Gasteiger partial charge in [-0.1, -0.05) is 12.1 Å². The highest BCUT2D eigenvalue weighted by atomic mass is 32.2. The van der Waals surface area contributed by atoms with Gasteiger partial charge in [-0.05, 0) is 17.7 Å². The van der Waals surface area contributed by atoms with Gasteiger partial charge in [-0.25, -0.2) is 13.2 Å². The quantitative estimate of drug-likeness (QED) is 0.706. The molecule has 0 fully saturated rings. The summed E-state index contributed by atoms with van der Waals surface area (Å²) in [7, 11) is 0.0299. The smallest absolute Gasteiger partial charge is 0.337 e. The van der Waals surface area contributed by atoms with Gasteiger partial charge in [-0.2, -0.15) is 4.31 Å². The number of esters is 2. The average molecular weight is 315 g/mol. The fourth-order valence-corrected chi connectivity index (χ4v) is 2.69. The zero-order chi connectivity index (χ0) is 16.0. The Labute approximate surface area is 123 Å². The molecule has 0 aromatic heterocycles. The lowest BCUT2D eigenvalue weighted by Gasteiger charge is -2.16. The largest absolute Gasteiger partial charge is 0.468 e. The molecule has 0 aliphatic rings. The van der Waals surface area contributed by atoms with Crippen molar-refractivity contribution in [2.24, 2.45) is 0 Å². The molecule has 0 aliphatic carbocycles. The van der Waals surface area contributed by atoms with Crippen LogP contribution in [-0.4, -0.2) is 52.5 Å². The number of hydrogen-bond acceptors (Lipinski definition) is 6. The van der Waals surface area contributed by atoms with Crippen LogP contribution in [0.25, 0.3) is 0 Å². The topological polar surface area (TPSA) is 90.0 Å². The monoisotopic (exact) mass is 315 g/mol. The second-order valence-corrected chi connectivity index (χ2v) is 6.36. The number of benzene rings is 1. The van der Waals surface area contributed by atoms with Gasteiger partial charge in [0, 0.05) is 7.05 Å². The fourth-order valence-electron chi connectivity index (χ4n) is 1.57. The Hall–Kier alpha value is -1.93. The summed E-state index contributed by atoms with van der Waals surface area (Å²) < 4.78 is 34.1. The molecule has 0 aliphatic heterocycles. The number of likely N-dealkylation sites (N-methyl/N-ethyl adjacent to an activating group) is 1. The summed E-state index contributed by atoms with van der Waals surface area (Å²) in [6, 6.07) is 6.11. The number of methoxy groups -OCH3 is 2. The van der Waals surface area contributed by atoms with Crippen LogP contribution in [0.15, 0.2) is 24.3 Å². The fraction of sp³-hybridized carbons (Fsp3) is 0.385. The van der Waals surface area contributed by atoms with Crippen LogP contribution < -0.4 is 0 Å². The van der Waals surface area contributed by atoms with Gasteiger partial charge < -0.3 is 9.47 Å². The lowest BCUT2D eigenvalue weighted by Crippen LogP contribution is -2.33. The highest BCUT2D eigenvalue weighted by Gasteiger charge is 2.21. The van der Waals surface area contributed by atoms with Crippen molar-refractivity contribution in [3.05, 3.63) is 35.4 Å². The maximum Gasteiger partial charge on any atom is 0.337 e. The van der Waals surface area contributed by atoms with E-state index in [0.717, 1.165) is 4.31 Å². The minimum atomic E-state index is -3.69. The van der Waals surface area contributed by atoms with Crippen molar-refractivity contribution >= 4 is 22.0 Å². The lowest BCUT2D eigenvalue weighted by atomic mass is 10.1. The Bertz CT molecular complexity index is 625. The molecule has 0 atom stereocenters. The third kappa shape index (κ3) is 4.83. The van der Waals surface area contributed by atoms with Crippen LogP contribution in [0.5, 0.6) is 0 Å². The normalized spacial score (nSPS) is 11.2. The summed E-state index contributed by atoms with van der Waals surface area (Å²) in [5.41, 5.74) is 0.690. The maximum atomic E-state index is 12.1. The number of nitrogens with zero attached hydrogens (tertiary/aromatic N) is 1. The van der Waals surface area contributed by atoms with E-state index in [4.69, 9.17) is 0 Å². The SMILES string of the molecule is COC(=O)CN(C)S(=O)(=O)Cc1cccc(C(=O)OC)c1. The van der Waals surface area contributed by atoms with E-state index >= 15 is 0 Å². The second-order valence-electron chi connectivity index (χ2n) is 4.28. The standard InChI is InChI=1S/C13H17NO6S/c1-14(8-12(15)19-2)21(17,18)9-10-5-4-6-11(7-10)13(16)20-3/h4-7H,8-9H2,1-3H3. The van der Waals surface area contributed by atoms with E-state index in [0.29, 0.717) is 5.56 Å². The van der Waals surface area contributed by atoms with E-state index in [2.05, 4.69) is 9.47 Å². The zero-order valence-electron chi connectivity index (χ0n) is 12.0. The number of carbonyl (C=O) groups excluding carboxylic acids is 2. The predicted molar refractivity (Wildman–Crippen MR) is 75.1 cm³/mol. The maximum absolute atomic E-state index is 12.1. The van der Waals surface area contributed by atoms with Gasteiger partial charge in [-0.15, -0.1) is 0 Å². The van der Waals surface area contributed by atoms with Crippen molar-refractivity contribution in [3.8, 4) is 0 Å². The van der Waals surface area contributed by atoms with Crippen molar-refractivity contribution in [2.75, 3.05) is 27.8 Å². The summed E-state index contributed by atoms with van der Waals surface area (Å²) in [6.07, 6.45) is 0. The predicted octanol–water partition coefficient (Wildman–Crippen LogP) is 0.408. The first kappa shape index (κ1) is 17.1. The minimum absolute atomic E-state index is 0.265. The molecule has 7 nitrogen and oxygen atoms in total. The van der Waals surface area contributed by atoms with Crippen molar-refractivity contribution in [3.63, 3.8) is 0 Å². The summed E-state index contributed by atoms with van der Waals surface area (Å²) in [5, 5.41) is 0. The van der Waals surface area contributed by atoms with E-state index in [9.17, 15) is 18.0 Å². The summed E-state index contributed by atoms with van der Waals surface area (Å²) in [6.45, 7) is -0.366. The third-order valence-electron chi connectivity index (χ3n) is 2.75. The molecule has 0 saturated heterocycles. The molecule has 0 radical (unpaired) electrons. The van der Waals surface area contributed by atoms with Crippen LogP contribution >= 0.6 is 0 Å². The summed E-state index contributed by atoms with van der Waals surface area (Å²) in [5.74, 6) is -1.52. The first-order valence-electron chi connectivity index (χ1n) is 5.98. The molecule has 0 heterocycles. The van der Waals surface area contributed by atoms with E-state index in [1.165, 1.54) is 33.4 Å². The molecule has 21 heavy (non-hydrogen) atoms. The van der Waals surface area contributed by atoms with Gasteiger partial charge in [-0.3, -0.25) is 4.79 Å². The molecule has 116 valence electrons. The zero-order valence-corrected chi connectivity index (χ0v) is 12.8. The first-order valence-corrected chi connectivity index (χ1v) is 7.59. The molecular weight excluding hydrogens is 298 g/mol. The van der Waals surface area contributed by atoms with Gasteiger partial charge in [0.2, 0.25) is 10.0 Å². The third-order valence-corrected chi connectivity index (χ3v) is 4.53. The van der Waals surface area contributed by atoms with E-state index in [-0.39, 0.29) is 17.9 Å². The van der Waals surface area contributed by atoms with Crippen molar-refractivity contribution < 1.29 is 27.5 Å². The number of hydrogen-bond donors (Lipinski definition) is 0. The first-order chi connectivity index (χ1) is 9.80. The van der Waals surface area contributed by atoms with Gasteiger partial charge in [0.05, 0.1) is 25.5 Å². The van der Waals surface area contributed by atoms with E-state index in [1.807, 2.05) is 0 Å². The van der Waals surface area contributed by atoms with Crippen LogP contribution in [0.3, 0.4) is 0 Å². The number of rotatable bonds is 6. The molecule has 0 amide bonds. The molecule has 0 bridgehead atoms. The molecule has 8 heteroatoms. The van der Waals surface area contributed by atoms with Gasteiger partial charge in [0.1, 0.15) is 6.54 Å². The molecule has 0 unspecified atom stereocenters. The van der Waals surface area contributed by atoms with E-state index in [1.54, 1.807) is 12.1 Å². The number of sulfonamides is 1. The lowest BCUT2D eigenvalue weighted by molar-refractivity contribution is -0.140. The molecule has 0 spiro atoms. The number of carbonyl (C=O) groups is 2. The van der Waals surface area contributed by atoms with Crippen LogP contribution in [-0.2, 0) is 30.0 Å². The van der Waals surface area contributed by atoms with Crippen LogP contribution in [0, 0.1) is 0 Å². The van der Waals surface area contributed by atoms with Crippen molar-refractivity contribution in [1.29, 1.82) is 0 Å². The molecule has 1 aromatic carbocycles. The average Bonchev–Trinajstić information content (AvgIpc) is 2.45. The highest BCUT2D eigenvalue weighted by Crippen LogP contribution is 2.12. The Morgan fingerprint density at radius 2 is 1.86 bits per heavy atom. The van der Waals surface area contributed by atoms with Crippen molar-refractivity contribution in [2.45, 2.75) is 5.75 Å². The van der Waals surface area contributed by atoms with E-state index < -0.39 is 22.0 Å². The van der Waals surface area contributed by atoms with Crippen LogP contribution in [0.2, 0.25) is 0 Å². The summed E-state index contributed by atoms with van der Waals surface area (Å²) >= 11 is 0. The van der Waals surface area contributed by atoms with Crippen LogP contribution in [0.4, 0.5) is 0 Å². The summed E-state index contributed by atoms with van der Waals surface area (Å²) in [4.78, 5) is 22.5. The molecule has 0 saturated carbocycles. The van der Waals surface area contributed by atoms with Gasteiger partial charge in [0.15, 0.2) is 0 Å². The van der Waals surface area contributed by atoms with Crippen LogP contribution in [0.1, 0.15) is 15.9 Å². The molecule has 0 N–H and O–H groups in total. The molecule has 1 aromatic rings. The van der Waals surface area contributed by atoms with Gasteiger partial charge in [0.25, 0.3) is 0 Å². The van der Waals surface area contributed by atoms with Crippen molar-refractivity contribution in [1.82, 2.24) is 4.31 Å². The highest BCUT2D eigenvalue weighted by molar-refractivity contribution is 7.88.